The van der Waals surface area contributed by atoms with E-state index in [1.165, 1.54) is 308 Å². The minimum Gasteiger partial charge on any atom is -0.490 e. The molecule has 0 aliphatic heterocycles. The van der Waals surface area contributed by atoms with Crippen molar-refractivity contribution in [3.05, 3.63) is 138 Å². The van der Waals surface area contributed by atoms with Crippen LogP contribution >= 0.6 is 0 Å². The van der Waals surface area contributed by atoms with E-state index >= 15 is 0 Å². The fourth-order valence-corrected chi connectivity index (χ4v) is 16.2. The van der Waals surface area contributed by atoms with Crippen molar-refractivity contribution < 1.29 is 57.0 Å². The molecule has 12 heteroatoms. The van der Waals surface area contributed by atoms with Gasteiger partial charge in [0.25, 0.3) is 0 Å². The van der Waals surface area contributed by atoms with E-state index in [1.54, 1.807) is 72.8 Å². The van der Waals surface area contributed by atoms with E-state index in [9.17, 15) is 14.4 Å². The van der Waals surface area contributed by atoms with Gasteiger partial charge in [-0.3, -0.25) is 0 Å². The van der Waals surface area contributed by atoms with Gasteiger partial charge in [-0.15, -0.1) is 0 Å². The number of carbonyl (C=O) groups excluding carboxylic acids is 3. The van der Waals surface area contributed by atoms with Crippen molar-refractivity contribution in [1.29, 1.82) is 0 Å². The molecular formula is C111H170O12. The fourth-order valence-electron chi connectivity index (χ4n) is 16.2. The molecular weight excluding hydrogens is 1530 g/mol. The minimum absolute atomic E-state index is 0.341. The van der Waals surface area contributed by atoms with Crippen LogP contribution in [0.1, 0.15) is 458 Å². The molecule has 0 saturated carbocycles. The molecule has 0 fully saturated rings. The van der Waals surface area contributed by atoms with Gasteiger partial charge in [-0.2, -0.15) is 0 Å². The molecule has 0 saturated heterocycles. The summed E-state index contributed by atoms with van der Waals surface area (Å²) in [6, 6.07) is 36.7. The van der Waals surface area contributed by atoms with Crippen molar-refractivity contribution in [1.82, 2.24) is 0 Å². The van der Waals surface area contributed by atoms with Crippen LogP contribution in [0.15, 0.2) is 121 Å². The molecule has 12 nitrogen and oxygen atoms in total. The predicted octanol–water partition coefficient (Wildman–Crippen LogP) is 34.5. The molecule has 6 rings (SSSR count). The van der Waals surface area contributed by atoms with E-state index in [0.717, 1.165) is 99.3 Å². The van der Waals surface area contributed by atoms with E-state index in [2.05, 4.69) is 41.5 Å². The number of hydrogen-bond acceptors (Lipinski definition) is 12. The Morgan fingerprint density at radius 1 is 0.179 bits per heavy atom. The number of benzene rings is 6. The summed E-state index contributed by atoms with van der Waals surface area (Å²) < 4.78 is 57.9. The number of ether oxygens (including phenoxy) is 9. The number of rotatable bonds is 80. The second-order valence-corrected chi connectivity index (χ2v) is 35.1. The summed E-state index contributed by atoms with van der Waals surface area (Å²) in [6.45, 7) is 16.8. The first-order valence-electron chi connectivity index (χ1n) is 50.9. The molecule has 0 spiro atoms. The van der Waals surface area contributed by atoms with E-state index in [4.69, 9.17) is 42.6 Å². The summed E-state index contributed by atoms with van der Waals surface area (Å²) in [5, 5.41) is 0. The topological polar surface area (TPSA) is 134 Å². The van der Waals surface area contributed by atoms with Crippen molar-refractivity contribution in [2.45, 2.75) is 427 Å². The summed E-state index contributed by atoms with van der Waals surface area (Å²) in [6.07, 6.45) is 74.0. The largest absolute Gasteiger partial charge is 0.490 e. The summed E-state index contributed by atoms with van der Waals surface area (Å²) >= 11 is 0. The Hall–Kier alpha value is -7.47. The van der Waals surface area contributed by atoms with Gasteiger partial charge in [0, 0.05) is 0 Å². The maximum atomic E-state index is 14.3. The van der Waals surface area contributed by atoms with E-state index < -0.39 is 17.9 Å². The number of esters is 3. The standard InChI is InChI=1S/C111H170O12/c1-7-13-19-25-31-37-43-49-55-61-83-115-103-89-98(90-104(116-84-62-56-50-44-38-32-26-20-14-8-2)107(103)119-87-65-59-53-47-41-35-29-23-17-11-5)110(113)122-101-79-71-94(72-80-101)93-67-69-97(70-68-93)109(112)121-100-77-73-95(74-78-100)96-75-81-102(82-76-96)123-111(114)99-91-105(117-85-63-57-51-45-39-33-27-21-15-9-3)108(120-88-66-60-54-48-42-36-30-24-18-12-6)106(92-99)118-86-64-58-52-46-40-34-28-22-16-10-4/h67-82,89-92H,7-66,83-88H2,1-6H3. The molecule has 0 heterocycles. The van der Waals surface area contributed by atoms with Crippen LogP contribution in [0.5, 0.6) is 51.7 Å². The second-order valence-electron chi connectivity index (χ2n) is 35.1. The summed E-state index contributed by atoms with van der Waals surface area (Å²) in [4.78, 5) is 42.3. The zero-order valence-electron chi connectivity index (χ0n) is 78.6. The lowest BCUT2D eigenvalue weighted by atomic mass is 10.0. The van der Waals surface area contributed by atoms with Crippen molar-refractivity contribution in [2.75, 3.05) is 39.6 Å². The third-order valence-corrected chi connectivity index (χ3v) is 24.0. The third kappa shape index (κ3) is 47.6. The lowest BCUT2D eigenvalue weighted by Crippen LogP contribution is -2.12. The van der Waals surface area contributed by atoms with Crippen LogP contribution in [0.4, 0.5) is 0 Å². The lowest BCUT2D eigenvalue weighted by molar-refractivity contribution is 0.0724. The molecule has 6 aromatic rings. The Morgan fingerprint density at radius 2 is 0.333 bits per heavy atom. The van der Waals surface area contributed by atoms with E-state index in [-0.39, 0.29) is 0 Å². The Labute approximate surface area is 749 Å². The highest BCUT2D eigenvalue weighted by atomic mass is 16.6. The monoisotopic (exact) mass is 1700 g/mol. The highest BCUT2D eigenvalue weighted by Crippen LogP contribution is 2.43. The van der Waals surface area contributed by atoms with Gasteiger partial charge >= 0.3 is 17.9 Å². The summed E-state index contributed by atoms with van der Waals surface area (Å²) in [5.74, 6) is 2.95. The summed E-state index contributed by atoms with van der Waals surface area (Å²) in [5.41, 5.74) is 4.65. The molecule has 0 radical (unpaired) electrons. The molecule has 686 valence electrons. The molecule has 0 bridgehead atoms. The molecule has 0 N–H and O–H groups in total. The molecule has 0 aliphatic carbocycles. The van der Waals surface area contributed by atoms with Crippen LogP contribution in [0.2, 0.25) is 0 Å². The third-order valence-electron chi connectivity index (χ3n) is 24.0. The molecule has 0 unspecified atom stereocenters. The Morgan fingerprint density at radius 3 is 0.520 bits per heavy atom. The van der Waals surface area contributed by atoms with Gasteiger partial charge in [-0.1, -0.05) is 437 Å². The van der Waals surface area contributed by atoms with Gasteiger partial charge in [0.15, 0.2) is 23.0 Å². The number of carbonyl (C=O) groups is 3. The SMILES string of the molecule is CCCCCCCCCCCCOc1cc(C(=O)Oc2ccc(-c3ccc(OC(=O)c4ccc(-c5ccc(OC(=O)c6cc(OCCCCCCCCCCCC)c(OCCCCCCCCCCCC)c(OCCCCCCCCCCCC)c6)cc5)cc4)cc3)cc2)cc(OCCCCCCCCCCCC)c1OCCCCCCCCCCCC. The number of hydrogen-bond donors (Lipinski definition) is 0. The van der Waals surface area contributed by atoms with Crippen LogP contribution in [0, 0.1) is 0 Å². The van der Waals surface area contributed by atoms with Gasteiger partial charge in [-0.05, 0) is 134 Å². The molecule has 123 heavy (non-hydrogen) atoms. The van der Waals surface area contributed by atoms with Gasteiger partial charge in [0.1, 0.15) is 17.2 Å². The average Bonchev–Trinajstić information content (AvgIpc) is 0.818. The Balaban J connectivity index is 1.08. The summed E-state index contributed by atoms with van der Waals surface area (Å²) in [7, 11) is 0. The molecule has 0 amide bonds. The molecule has 0 aromatic heterocycles. The van der Waals surface area contributed by atoms with Crippen LogP contribution in [-0.2, 0) is 0 Å². The van der Waals surface area contributed by atoms with Gasteiger partial charge in [0.2, 0.25) is 11.5 Å². The van der Waals surface area contributed by atoms with Crippen molar-refractivity contribution in [2.24, 2.45) is 0 Å². The van der Waals surface area contributed by atoms with Gasteiger partial charge < -0.3 is 42.6 Å². The molecule has 0 atom stereocenters. The highest BCUT2D eigenvalue weighted by molar-refractivity contribution is 5.94. The maximum absolute atomic E-state index is 14.3. The van der Waals surface area contributed by atoms with Gasteiger partial charge in [0.05, 0.1) is 56.3 Å². The maximum Gasteiger partial charge on any atom is 0.343 e. The molecule has 6 aromatic carbocycles. The minimum atomic E-state index is -0.509. The average molecular weight is 1700 g/mol. The van der Waals surface area contributed by atoms with Crippen molar-refractivity contribution in [3.8, 4) is 74.0 Å². The van der Waals surface area contributed by atoms with Crippen LogP contribution < -0.4 is 42.6 Å². The first-order chi connectivity index (χ1) is 60.7. The zero-order chi connectivity index (χ0) is 87.1. The predicted molar refractivity (Wildman–Crippen MR) is 516 cm³/mol. The Bertz CT molecular complexity index is 3490. The number of unbranched alkanes of at least 4 members (excludes halogenated alkanes) is 54. The highest BCUT2D eigenvalue weighted by Gasteiger charge is 2.24. The first kappa shape index (κ1) is 104. The second kappa shape index (κ2) is 70.7. The smallest absolute Gasteiger partial charge is 0.343 e. The van der Waals surface area contributed by atoms with E-state index in [0.29, 0.717) is 108 Å². The van der Waals surface area contributed by atoms with Crippen LogP contribution in [0.25, 0.3) is 22.3 Å². The van der Waals surface area contributed by atoms with Crippen LogP contribution in [0.3, 0.4) is 0 Å². The van der Waals surface area contributed by atoms with Crippen molar-refractivity contribution in [3.63, 3.8) is 0 Å². The first-order valence-corrected chi connectivity index (χ1v) is 50.9. The van der Waals surface area contributed by atoms with Gasteiger partial charge in [-0.25, -0.2) is 14.4 Å². The normalized spacial score (nSPS) is 11.3. The van der Waals surface area contributed by atoms with Crippen molar-refractivity contribution >= 4 is 17.9 Å². The quantitative estimate of drug-likeness (QED) is 0.0204. The fraction of sp³-hybridized carbons (Fsp3) is 0.649. The lowest BCUT2D eigenvalue weighted by Gasteiger charge is -2.19. The zero-order valence-corrected chi connectivity index (χ0v) is 78.6. The molecule has 0 aliphatic rings. The Kier molecular flexibility index (Phi) is 59.9. The van der Waals surface area contributed by atoms with E-state index in [1.807, 2.05) is 48.5 Å². The van der Waals surface area contributed by atoms with Crippen LogP contribution in [-0.4, -0.2) is 57.5 Å².